The average Bonchev–Trinajstić information content (AvgIpc) is 2.57. The molecule has 1 N–H and O–H groups in total. The van der Waals surface area contributed by atoms with Gasteiger partial charge in [-0.3, -0.25) is 4.57 Å². The summed E-state index contributed by atoms with van der Waals surface area (Å²) < 4.78 is 1.67. The quantitative estimate of drug-likeness (QED) is 0.845. The lowest BCUT2D eigenvalue weighted by atomic mass is 9.94. The van der Waals surface area contributed by atoms with Crippen LogP contribution in [0.15, 0.2) is 23.0 Å². The number of aryl methyl sites for hydroxylation is 1. The number of nitrogens with zero attached hydrogens (tertiary/aromatic N) is 1. The molecule has 2 aromatic rings. The van der Waals surface area contributed by atoms with Crippen LogP contribution in [0.5, 0.6) is 0 Å². The van der Waals surface area contributed by atoms with Crippen molar-refractivity contribution in [1.29, 1.82) is 0 Å². The molecule has 1 aromatic heterocycles. The Morgan fingerprint density at radius 2 is 2.00 bits per heavy atom. The third-order valence-corrected chi connectivity index (χ3v) is 3.39. The van der Waals surface area contributed by atoms with Crippen LogP contribution >= 0.6 is 0 Å². The molecule has 3 heteroatoms. The Labute approximate surface area is 95.1 Å². The number of hydrogen-bond acceptors (Lipinski definition) is 1. The van der Waals surface area contributed by atoms with Gasteiger partial charge in [0.2, 0.25) is 0 Å². The molecule has 1 aromatic carbocycles. The van der Waals surface area contributed by atoms with E-state index in [1.165, 1.54) is 5.56 Å². The fourth-order valence-corrected chi connectivity index (χ4v) is 2.25. The summed E-state index contributed by atoms with van der Waals surface area (Å²) in [6.07, 6.45) is 2.28. The number of hydrogen-bond donors (Lipinski definition) is 1. The van der Waals surface area contributed by atoms with Crippen LogP contribution in [0.4, 0.5) is 0 Å². The Bertz CT molecular complexity index is 547. The third kappa shape index (κ3) is 1.66. The molecular weight excluding hydrogens is 200 g/mol. The number of benzene rings is 1. The normalized spacial score (nSPS) is 11.5. The molecule has 0 atom stereocenters. The Morgan fingerprint density at radius 3 is 2.62 bits per heavy atom. The highest BCUT2D eigenvalue weighted by molar-refractivity contribution is 5.76. The molecule has 0 fully saturated rings. The van der Waals surface area contributed by atoms with Gasteiger partial charge >= 0.3 is 5.69 Å². The zero-order chi connectivity index (χ0) is 11.7. The monoisotopic (exact) mass is 218 g/mol. The molecule has 0 aliphatic rings. The number of H-pyrrole nitrogens is 1. The first-order valence-electron chi connectivity index (χ1n) is 5.86. The summed E-state index contributed by atoms with van der Waals surface area (Å²) in [6.45, 7) is 4.41. The van der Waals surface area contributed by atoms with Crippen molar-refractivity contribution in [1.82, 2.24) is 9.55 Å². The third-order valence-electron chi connectivity index (χ3n) is 3.39. The number of aromatic nitrogens is 2. The van der Waals surface area contributed by atoms with E-state index in [1.807, 2.05) is 6.07 Å². The van der Waals surface area contributed by atoms with E-state index in [-0.39, 0.29) is 5.69 Å². The SMILES string of the molecule is CCC(CC)c1ccc2[nH]c(=O)n(C)c2c1. The molecule has 0 radical (unpaired) electrons. The first-order chi connectivity index (χ1) is 7.67. The maximum absolute atomic E-state index is 11.5. The number of fused-ring (bicyclic) bond motifs is 1. The summed E-state index contributed by atoms with van der Waals surface area (Å²) in [4.78, 5) is 14.3. The van der Waals surface area contributed by atoms with Gasteiger partial charge in [-0.2, -0.15) is 0 Å². The van der Waals surface area contributed by atoms with Gasteiger partial charge in [0.05, 0.1) is 11.0 Å². The molecule has 16 heavy (non-hydrogen) atoms. The van der Waals surface area contributed by atoms with E-state index in [2.05, 4.69) is 31.0 Å². The molecule has 0 amide bonds. The van der Waals surface area contributed by atoms with Gasteiger partial charge in [0.15, 0.2) is 0 Å². The van der Waals surface area contributed by atoms with E-state index in [0.717, 1.165) is 23.9 Å². The van der Waals surface area contributed by atoms with Gasteiger partial charge in [0.25, 0.3) is 0 Å². The number of nitrogens with one attached hydrogen (secondary N) is 1. The van der Waals surface area contributed by atoms with E-state index in [9.17, 15) is 4.79 Å². The van der Waals surface area contributed by atoms with Gasteiger partial charge in [-0.1, -0.05) is 19.9 Å². The molecule has 0 aliphatic heterocycles. The van der Waals surface area contributed by atoms with E-state index in [0.29, 0.717) is 5.92 Å². The zero-order valence-electron chi connectivity index (χ0n) is 10.1. The summed E-state index contributed by atoms with van der Waals surface area (Å²) in [7, 11) is 1.80. The van der Waals surface area contributed by atoms with Gasteiger partial charge in [0.1, 0.15) is 0 Å². The molecular formula is C13H18N2O. The Balaban J connectivity index is 2.58. The van der Waals surface area contributed by atoms with Crippen LogP contribution in [0.25, 0.3) is 11.0 Å². The predicted molar refractivity (Wildman–Crippen MR) is 66.9 cm³/mol. The number of imidazole rings is 1. The number of rotatable bonds is 3. The highest BCUT2D eigenvalue weighted by atomic mass is 16.1. The second-order valence-corrected chi connectivity index (χ2v) is 4.28. The van der Waals surface area contributed by atoms with E-state index >= 15 is 0 Å². The van der Waals surface area contributed by atoms with Crippen molar-refractivity contribution >= 4 is 11.0 Å². The molecule has 3 nitrogen and oxygen atoms in total. The maximum atomic E-state index is 11.5. The fourth-order valence-electron chi connectivity index (χ4n) is 2.25. The summed E-state index contributed by atoms with van der Waals surface area (Å²) in [5, 5.41) is 0. The van der Waals surface area contributed by atoms with Crippen molar-refractivity contribution < 1.29 is 0 Å². The minimum atomic E-state index is -0.0447. The second-order valence-electron chi connectivity index (χ2n) is 4.28. The van der Waals surface area contributed by atoms with E-state index in [1.54, 1.807) is 11.6 Å². The summed E-state index contributed by atoms with van der Waals surface area (Å²) in [6, 6.07) is 6.26. The summed E-state index contributed by atoms with van der Waals surface area (Å²) >= 11 is 0. The van der Waals surface area contributed by atoms with Crippen LogP contribution in [0, 0.1) is 0 Å². The maximum Gasteiger partial charge on any atom is 0.326 e. The lowest BCUT2D eigenvalue weighted by Gasteiger charge is -2.12. The largest absolute Gasteiger partial charge is 0.326 e. The van der Waals surface area contributed by atoms with E-state index in [4.69, 9.17) is 0 Å². The van der Waals surface area contributed by atoms with Crippen LogP contribution in [0.1, 0.15) is 38.2 Å². The molecule has 0 spiro atoms. The van der Waals surface area contributed by atoms with Crippen molar-refractivity contribution in [3.8, 4) is 0 Å². The van der Waals surface area contributed by atoms with Gasteiger partial charge in [-0.05, 0) is 36.5 Å². The minimum Gasteiger partial charge on any atom is -0.306 e. The molecule has 0 unspecified atom stereocenters. The van der Waals surface area contributed by atoms with Crippen molar-refractivity contribution in [3.63, 3.8) is 0 Å². The van der Waals surface area contributed by atoms with Crippen LogP contribution < -0.4 is 5.69 Å². The van der Waals surface area contributed by atoms with Gasteiger partial charge < -0.3 is 4.98 Å². The Morgan fingerprint density at radius 1 is 1.31 bits per heavy atom. The van der Waals surface area contributed by atoms with Gasteiger partial charge in [0, 0.05) is 7.05 Å². The van der Waals surface area contributed by atoms with Crippen molar-refractivity contribution in [2.75, 3.05) is 0 Å². The van der Waals surface area contributed by atoms with Gasteiger partial charge in [-0.25, -0.2) is 4.79 Å². The lowest BCUT2D eigenvalue weighted by Crippen LogP contribution is -2.11. The lowest BCUT2D eigenvalue weighted by molar-refractivity contribution is 0.642. The predicted octanol–water partition coefficient (Wildman–Crippen LogP) is 2.77. The zero-order valence-corrected chi connectivity index (χ0v) is 10.1. The van der Waals surface area contributed by atoms with Crippen LogP contribution in [0.3, 0.4) is 0 Å². The smallest absolute Gasteiger partial charge is 0.306 e. The molecule has 86 valence electrons. The molecule has 2 rings (SSSR count). The highest BCUT2D eigenvalue weighted by Gasteiger charge is 2.09. The first-order valence-corrected chi connectivity index (χ1v) is 5.86. The summed E-state index contributed by atoms with van der Waals surface area (Å²) in [5.74, 6) is 0.592. The summed E-state index contributed by atoms with van der Waals surface area (Å²) in [5.41, 5.74) is 3.19. The Kier molecular flexibility index (Phi) is 2.86. The minimum absolute atomic E-state index is 0.0447. The molecule has 0 aliphatic carbocycles. The van der Waals surface area contributed by atoms with Crippen LogP contribution in [-0.4, -0.2) is 9.55 Å². The Hall–Kier alpha value is -1.51. The standard InChI is InChI=1S/C13H18N2O/c1-4-9(5-2)10-6-7-11-12(8-10)15(3)13(16)14-11/h6-9H,4-5H2,1-3H3,(H,14,16). The second kappa shape index (κ2) is 4.16. The molecule has 0 bridgehead atoms. The molecule has 0 saturated carbocycles. The average molecular weight is 218 g/mol. The van der Waals surface area contributed by atoms with Crippen molar-refractivity contribution in [2.45, 2.75) is 32.6 Å². The van der Waals surface area contributed by atoms with Gasteiger partial charge in [-0.15, -0.1) is 0 Å². The van der Waals surface area contributed by atoms with Crippen molar-refractivity contribution in [3.05, 3.63) is 34.2 Å². The molecule has 0 saturated heterocycles. The van der Waals surface area contributed by atoms with E-state index < -0.39 is 0 Å². The first kappa shape index (κ1) is 11.0. The topological polar surface area (TPSA) is 37.8 Å². The molecule has 1 heterocycles. The highest BCUT2D eigenvalue weighted by Crippen LogP contribution is 2.25. The van der Waals surface area contributed by atoms with Crippen molar-refractivity contribution in [2.24, 2.45) is 7.05 Å². The fraction of sp³-hybridized carbons (Fsp3) is 0.462. The number of aromatic amines is 1. The van der Waals surface area contributed by atoms with Crippen LogP contribution in [-0.2, 0) is 7.05 Å². The van der Waals surface area contributed by atoms with Crippen LogP contribution in [0.2, 0.25) is 0 Å².